The number of nitrogens with one attached hydrogen (secondary N) is 1. The first-order valence-electron chi connectivity index (χ1n) is 10.0. The second kappa shape index (κ2) is 9.61. The van der Waals surface area contributed by atoms with Crippen LogP contribution in [0, 0.1) is 13.8 Å². The van der Waals surface area contributed by atoms with Crippen molar-refractivity contribution in [1.82, 2.24) is 29.9 Å². The Bertz CT molecular complexity index is 1150. The number of carbonyl (C=O) groups is 1. The van der Waals surface area contributed by atoms with Gasteiger partial charge in [-0.05, 0) is 31.5 Å². The van der Waals surface area contributed by atoms with E-state index in [0.29, 0.717) is 18.2 Å². The lowest BCUT2D eigenvalue weighted by Crippen LogP contribution is -2.25. The molecule has 2 aromatic heterocycles. The minimum Gasteiger partial charge on any atom is -0.351 e. The zero-order chi connectivity index (χ0) is 21.6. The average molecular weight is 433 g/mol. The van der Waals surface area contributed by atoms with Crippen LogP contribution in [0.1, 0.15) is 22.5 Å². The van der Waals surface area contributed by atoms with Crippen LogP contribution in [0.3, 0.4) is 0 Å². The van der Waals surface area contributed by atoms with E-state index in [2.05, 4.69) is 32.7 Å². The van der Waals surface area contributed by atoms with Crippen molar-refractivity contribution in [2.45, 2.75) is 32.1 Å². The van der Waals surface area contributed by atoms with Gasteiger partial charge in [-0.3, -0.25) is 14.0 Å². The standard InChI is InChI=1S/C23H24N6OS/c1-17-21(18(2)29(27-17)14-19-9-5-3-6-10-19)13-24-22(30)15-31-23-26-25-16-28(23)20-11-7-4-8-12-20/h3-12,16H,13-15H2,1-2H3,(H,24,30). The number of aryl methyl sites for hydroxylation is 1. The second-order valence-electron chi connectivity index (χ2n) is 7.18. The number of carbonyl (C=O) groups excluding carboxylic acids is 1. The highest BCUT2D eigenvalue weighted by Crippen LogP contribution is 2.19. The molecule has 2 heterocycles. The molecule has 2 aromatic carbocycles. The minimum absolute atomic E-state index is 0.0535. The first-order chi connectivity index (χ1) is 15.1. The molecule has 0 fully saturated rings. The maximum Gasteiger partial charge on any atom is 0.230 e. The molecular weight excluding hydrogens is 408 g/mol. The third-order valence-corrected chi connectivity index (χ3v) is 6.00. The summed E-state index contributed by atoms with van der Waals surface area (Å²) in [6, 6.07) is 20.1. The van der Waals surface area contributed by atoms with Crippen molar-refractivity contribution in [1.29, 1.82) is 0 Å². The first-order valence-corrected chi connectivity index (χ1v) is 11.0. The lowest BCUT2D eigenvalue weighted by molar-refractivity contribution is -0.118. The Labute approximate surface area is 185 Å². The molecule has 4 aromatic rings. The normalized spacial score (nSPS) is 10.9. The van der Waals surface area contributed by atoms with E-state index in [9.17, 15) is 4.79 Å². The molecule has 0 bridgehead atoms. The van der Waals surface area contributed by atoms with Gasteiger partial charge in [0.15, 0.2) is 5.16 Å². The summed E-state index contributed by atoms with van der Waals surface area (Å²) >= 11 is 1.36. The summed E-state index contributed by atoms with van der Waals surface area (Å²) in [6.45, 7) is 5.19. The first kappa shape index (κ1) is 20.9. The number of rotatable bonds is 8. The Hall–Kier alpha value is -3.39. The molecule has 158 valence electrons. The monoisotopic (exact) mass is 432 g/mol. The van der Waals surface area contributed by atoms with Gasteiger partial charge in [0.05, 0.1) is 18.0 Å². The Morgan fingerprint density at radius 3 is 2.48 bits per heavy atom. The molecule has 0 unspecified atom stereocenters. The van der Waals surface area contributed by atoms with Gasteiger partial charge in [-0.25, -0.2) is 0 Å². The van der Waals surface area contributed by atoms with Crippen LogP contribution in [0.25, 0.3) is 5.69 Å². The van der Waals surface area contributed by atoms with Gasteiger partial charge in [-0.2, -0.15) is 5.10 Å². The van der Waals surface area contributed by atoms with Gasteiger partial charge in [0.25, 0.3) is 0 Å². The van der Waals surface area contributed by atoms with Crippen molar-refractivity contribution in [2.24, 2.45) is 0 Å². The van der Waals surface area contributed by atoms with Crippen LogP contribution >= 0.6 is 11.8 Å². The molecule has 0 radical (unpaired) electrons. The minimum atomic E-state index is -0.0535. The number of nitrogens with zero attached hydrogens (tertiary/aromatic N) is 5. The molecule has 1 amide bonds. The molecule has 0 saturated heterocycles. The molecule has 0 aliphatic carbocycles. The van der Waals surface area contributed by atoms with Crippen molar-refractivity contribution in [2.75, 3.05) is 5.75 Å². The zero-order valence-corrected chi connectivity index (χ0v) is 18.3. The Balaban J connectivity index is 1.34. The van der Waals surface area contributed by atoms with Gasteiger partial charge in [0, 0.05) is 23.5 Å². The lowest BCUT2D eigenvalue weighted by Gasteiger charge is -2.08. The summed E-state index contributed by atoms with van der Waals surface area (Å²) in [5.74, 6) is 0.212. The maximum atomic E-state index is 12.5. The molecule has 0 saturated carbocycles. The number of hydrogen-bond acceptors (Lipinski definition) is 5. The van der Waals surface area contributed by atoms with E-state index in [-0.39, 0.29) is 11.7 Å². The number of amides is 1. The van der Waals surface area contributed by atoms with Crippen LogP contribution in [0.4, 0.5) is 0 Å². The summed E-state index contributed by atoms with van der Waals surface area (Å²) in [6.07, 6.45) is 1.66. The fourth-order valence-electron chi connectivity index (χ4n) is 3.36. The molecule has 0 atom stereocenters. The van der Waals surface area contributed by atoms with Gasteiger partial charge in [-0.1, -0.05) is 60.3 Å². The van der Waals surface area contributed by atoms with Gasteiger partial charge in [0.2, 0.25) is 5.91 Å². The molecule has 0 aliphatic heterocycles. The third-order valence-electron chi connectivity index (χ3n) is 5.05. The van der Waals surface area contributed by atoms with Crippen LogP contribution in [0.15, 0.2) is 72.1 Å². The van der Waals surface area contributed by atoms with Crippen molar-refractivity contribution < 1.29 is 4.79 Å². The van der Waals surface area contributed by atoms with E-state index in [4.69, 9.17) is 0 Å². The van der Waals surface area contributed by atoms with Crippen LogP contribution in [-0.4, -0.2) is 36.2 Å². The SMILES string of the molecule is Cc1nn(Cc2ccccc2)c(C)c1CNC(=O)CSc1nncn1-c1ccccc1. The van der Waals surface area contributed by atoms with E-state index < -0.39 is 0 Å². The topological polar surface area (TPSA) is 77.6 Å². The van der Waals surface area contributed by atoms with E-state index in [0.717, 1.165) is 22.6 Å². The van der Waals surface area contributed by atoms with Crippen LogP contribution in [0.2, 0.25) is 0 Å². The lowest BCUT2D eigenvalue weighted by atomic mass is 10.2. The number of para-hydroxylation sites is 1. The molecule has 0 aliphatic rings. The van der Waals surface area contributed by atoms with Crippen LogP contribution in [0.5, 0.6) is 0 Å². The van der Waals surface area contributed by atoms with Crippen LogP contribution in [-0.2, 0) is 17.9 Å². The fraction of sp³-hybridized carbons (Fsp3) is 0.217. The molecule has 4 rings (SSSR count). The van der Waals surface area contributed by atoms with E-state index >= 15 is 0 Å². The summed E-state index contributed by atoms with van der Waals surface area (Å²) in [5.41, 5.74) is 5.22. The number of aromatic nitrogens is 5. The fourth-order valence-corrected chi connectivity index (χ4v) is 4.12. The van der Waals surface area contributed by atoms with Gasteiger partial charge < -0.3 is 5.32 Å². The van der Waals surface area contributed by atoms with E-state index in [1.54, 1.807) is 6.33 Å². The highest BCUT2D eigenvalue weighted by molar-refractivity contribution is 7.99. The van der Waals surface area contributed by atoms with E-state index in [1.807, 2.05) is 71.6 Å². The molecule has 8 heteroatoms. The van der Waals surface area contributed by atoms with Gasteiger partial charge >= 0.3 is 0 Å². The molecule has 0 spiro atoms. The van der Waals surface area contributed by atoms with Crippen molar-refractivity contribution in [3.63, 3.8) is 0 Å². The molecular formula is C23H24N6OS. The van der Waals surface area contributed by atoms with E-state index in [1.165, 1.54) is 17.3 Å². The highest BCUT2D eigenvalue weighted by Gasteiger charge is 2.14. The summed E-state index contributed by atoms with van der Waals surface area (Å²) in [7, 11) is 0. The summed E-state index contributed by atoms with van der Waals surface area (Å²) in [4.78, 5) is 12.5. The Morgan fingerprint density at radius 1 is 1.03 bits per heavy atom. The highest BCUT2D eigenvalue weighted by atomic mass is 32.2. The van der Waals surface area contributed by atoms with Crippen molar-refractivity contribution >= 4 is 17.7 Å². The van der Waals surface area contributed by atoms with Crippen molar-refractivity contribution in [3.05, 3.63) is 89.5 Å². The zero-order valence-electron chi connectivity index (χ0n) is 17.5. The predicted molar refractivity (Wildman–Crippen MR) is 121 cm³/mol. The molecule has 1 N–H and O–H groups in total. The Morgan fingerprint density at radius 2 is 1.74 bits per heavy atom. The largest absolute Gasteiger partial charge is 0.351 e. The van der Waals surface area contributed by atoms with Gasteiger partial charge in [0.1, 0.15) is 6.33 Å². The number of thioether (sulfide) groups is 1. The van der Waals surface area contributed by atoms with Crippen molar-refractivity contribution in [3.8, 4) is 5.69 Å². The summed E-state index contributed by atoms with van der Waals surface area (Å²) < 4.78 is 3.86. The quantitative estimate of drug-likeness (QED) is 0.431. The molecule has 31 heavy (non-hydrogen) atoms. The molecule has 7 nitrogen and oxygen atoms in total. The van der Waals surface area contributed by atoms with Gasteiger partial charge in [-0.15, -0.1) is 10.2 Å². The smallest absolute Gasteiger partial charge is 0.230 e. The average Bonchev–Trinajstić information content (AvgIpc) is 3.37. The number of benzene rings is 2. The maximum absolute atomic E-state index is 12.5. The predicted octanol–water partition coefficient (Wildman–Crippen LogP) is 3.54. The summed E-state index contributed by atoms with van der Waals surface area (Å²) in [5, 5.41) is 16.5. The second-order valence-corrected chi connectivity index (χ2v) is 8.12. The van der Waals surface area contributed by atoms with Crippen LogP contribution < -0.4 is 5.32 Å². The number of hydrogen-bond donors (Lipinski definition) is 1. The Kier molecular flexibility index (Phi) is 6.47. The third kappa shape index (κ3) is 5.03.